The number of ether oxygens (including phenoxy) is 2. The van der Waals surface area contributed by atoms with Crippen LogP contribution in [0.1, 0.15) is 0 Å². The SMILES string of the molecule is COc1ccc(Cl)cc1NC(=O)NCCOc1ccccc1Br. The van der Waals surface area contributed by atoms with Crippen LogP contribution in [0.2, 0.25) is 5.02 Å². The summed E-state index contributed by atoms with van der Waals surface area (Å²) in [5.41, 5.74) is 0.504. The lowest BCUT2D eigenvalue weighted by molar-refractivity contribution is 0.247. The number of carbonyl (C=O) groups is 1. The standard InChI is InChI=1S/C16H16BrClN2O3/c1-22-15-7-6-11(18)10-13(15)20-16(21)19-8-9-23-14-5-3-2-4-12(14)17/h2-7,10H,8-9H2,1H3,(H2,19,20,21). The number of para-hydroxylation sites is 1. The summed E-state index contributed by atoms with van der Waals surface area (Å²) in [5.74, 6) is 1.26. The third-order valence-electron chi connectivity index (χ3n) is 2.89. The first-order valence-corrected chi connectivity index (χ1v) is 8.03. The zero-order chi connectivity index (χ0) is 16.7. The normalized spacial score (nSPS) is 10.0. The third kappa shape index (κ3) is 5.33. The highest BCUT2D eigenvalue weighted by molar-refractivity contribution is 9.10. The molecular weight excluding hydrogens is 384 g/mol. The van der Waals surface area contributed by atoms with Gasteiger partial charge < -0.3 is 20.1 Å². The molecule has 2 aromatic rings. The molecule has 0 saturated carbocycles. The fraction of sp³-hybridized carbons (Fsp3) is 0.188. The molecule has 0 bridgehead atoms. The Morgan fingerprint density at radius 2 is 2.00 bits per heavy atom. The molecule has 0 aliphatic heterocycles. The highest BCUT2D eigenvalue weighted by atomic mass is 79.9. The van der Waals surface area contributed by atoms with Gasteiger partial charge in [0.2, 0.25) is 0 Å². The van der Waals surface area contributed by atoms with Crippen molar-refractivity contribution in [2.45, 2.75) is 0 Å². The molecule has 2 aromatic carbocycles. The maximum atomic E-state index is 11.9. The van der Waals surface area contributed by atoms with E-state index < -0.39 is 0 Å². The van der Waals surface area contributed by atoms with E-state index in [0.29, 0.717) is 29.6 Å². The van der Waals surface area contributed by atoms with Gasteiger partial charge in [-0.15, -0.1) is 0 Å². The molecule has 0 fully saturated rings. The number of hydrogen-bond donors (Lipinski definition) is 2. The zero-order valence-corrected chi connectivity index (χ0v) is 14.8. The lowest BCUT2D eigenvalue weighted by atomic mass is 10.3. The van der Waals surface area contributed by atoms with Gasteiger partial charge in [-0.05, 0) is 46.3 Å². The largest absolute Gasteiger partial charge is 0.495 e. The van der Waals surface area contributed by atoms with Crippen molar-refractivity contribution in [3.63, 3.8) is 0 Å². The Bertz CT molecular complexity index is 682. The van der Waals surface area contributed by atoms with E-state index in [1.54, 1.807) is 18.2 Å². The van der Waals surface area contributed by atoms with Crippen LogP contribution in [0.25, 0.3) is 0 Å². The molecule has 5 nitrogen and oxygen atoms in total. The number of nitrogens with one attached hydrogen (secondary N) is 2. The van der Waals surface area contributed by atoms with Gasteiger partial charge in [0.15, 0.2) is 0 Å². The monoisotopic (exact) mass is 398 g/mol. The van der Waals surface area contributed by atoms with Crippen molar-refractivity contribution in [1.29, 1.82) is 0 Å². The quantitative estimate of drug-likeness (QED) is 0.712. The fourth-order valence-corrected chi connectivity index (χ4v) is 2.40. The smallest absolute Gasteiger partial charge is 0.319 e. The van der Waals surface area contributed by atoms with Crippen molar-refractivity contribution in [3.8, 4) is 11.5 Å². The molecule has 0 spiro atoms. The number of rotatable bonds is 6. The number of urea groups is 1. The average Bonchev–Trinajstić information content (AvgIpc) is 2.53. The molecule has 0 radical (unpaired) electrons. The summed E-state index contributed by atoms with van der Waals surface area (Å²) in [6, 6.07) is 12.2. The van der Waals surface area contributed by atoms with E-state index in [0.717, 1.165) is 10.2 Å². The van der Waals surface area contributed by atoms with Crippen molar-refractivity contribution in [2.24, 2.45) is 0 Å². The van der Waals surface area contributed by atoms with Crippen LogP contribution in [-0.4, -0.2) is 26.3 Å². The van der Waals surface area contributed by atoms with E-state index in [1.165, 1.54) is 7.11 Å². The highest BCUT2D eigenvalue weighted by Gasteiger charge is 2.08. The van der Waals surface area contributed by atoms with Crippen LogP contribution in [0.5, 0.6) is 11.5 Å². The number of halogens is 2. The van der Waals surface area contributed by atoms with Crippen LogP contribution in [0.15, 0.2) is 46.9 Å². The van der Waals surface area contributed by atoms with Crippen molar-refractivity contribution in [3.05, 3.63) is 52.0 Å². The number of benzene rings is 2. The van der Waals surface area contributed by atoms with Crippen molar-refractivity contribution in [2.75, 3.05) is 25.6 Å². The number of amides is 2. The Kier molecular flexibility index (Phi) is 6.55. The number of anilines is 1. The molecule has 0 unspecified atom stereocenters. The Hall–Kier alpha value is -1.92. The molecule has 122 valence electrons. The Morgan fingerprint density at radius 3 is 2.74 bits per heavy atom. The van der Waals surface area contributed by atoms with Gasteiger partial charge in [0.05, 0.1) is 23.8 Å². The van der Waals surface area contributed by atoms with Crippen LogP contribution in [0.3, 0.4) is 0 Å². The lowest BCUT2D eigenvalue weighted by Crippen LogP contribution is -2.32. The predicted molar refractivity (Wildman–Crippen MR) is 94.7 cm³/mol. The summed E-state index contributed by atoms with van der Waals surface area (Å²) in [5, 5.41) is 5.90. The first-order valence-electron chi connectivity index (χ1n) is 6.86. The van der Waals surface area contributed by atoms with Crippen LogP contribution >= 0.6 is 27.5 Å². The molecule has 2 rings (SSSR count). The summed E-state index contributed by atoms with van der Waals surface area (Å²) in [6.07, 6.45) is 0. The summed E-state index contributed by atoms with van der Waals surface area (Å²) in [7, 11) is 1.53. The molecular formula is C16H16BrClN2O3. The molecule has 0 aliphatic rings. The van der Waals surface area contributed by atoms with Gasteiger partial charge >= 0.3 is 6.03 Å². The summed E-state index contributed by atoms with van der Waals surface area (Å²) < 4.78 is 11.6. The second-order valence-corrected chi connectivity index (χ2v) is 5.80. The first kappa shape index (κ1) is 17.4. The molecule has 0 heterocycles. The van der Waals surface area contributed by atoms with Gasteiger partial charge in [-0.25, -0.2) is 4.79 Å². The van der Waals surface area contributed by atoms with E-state index in [9.17, 15) is 4.79 Å². The van der Waals surface area contributed by atoms with Gasteiger partial charge in [0.1, 0.15) is 18.1 Å². The predicted octanol–water partition coefficient (Wildman–Crippen LogP) is 4.31. The first-order chi connectivity index (χ1) is 11.1. The molecule has 0 saturated heterocycles. The molecule has 23 heavy (non-hydrogen) atoms. The van der Waals surface area contributed by atoms with Gasteiger partial charge in [-0.2, -0.15) is 0 Å². The minimum absolute atomic E-state index is 0.350. The van der Waals surface area contributed by atoms with E-state index >= 15 is 0 Å². The van der Waals surface area contributed by atoms with Crippen LogP contribution in [0, 0.1) is 0 Å². The molecule has 0 aliphatic carbocycles. The maximum absolute atomic E-state index is 11.9. The van der Waals surface area contributed by atoms with Gasteiger partial charge in [-0.3, -0.25) is 0 Å². The number of carbonyl (C=O) groups excluding carboxylic acids is 1. The van der Waals surface area contributed by atoms with E-state index in [-0.39, 0.29) is 6.03 Å². The minimum atomic E-state index is -0.360. The lowest BCUT2D eigenvalue weighted by Gasteiger charge is -2.12. The summed E-state index contributed by atoms with van der Waals surface area (Å²) in [6.45, 7) is 0.707. The Balaban J connectivity index is 1.80. The second-order valence-electron chi connectivity index (χ2n) is 4.50. The Labute approximate surface area is 148 Å². The topological polar surface area (TPSA) is 59.6 Å². The van der Waals surface area contributed by atoms with Crippen LogP contribution in [0.4, 0.5) is 10.5 Å². The third-order valence-corrected chi connectivity index (χ3v) is 3.78. The maximum Gasteiger partial charge on any atom is 0.319 e. The summed E-state index contributed by atoms with van der Waals surface area (Å²) >= 11 is 9.31. The van der Waals surface area contributed by atoms with Crippen LogP contribution in [-0.2, 0) is 0 Å². The highest BCUT2D eigenvalue weighted by Crippen LogP contribution is 2.27. The second kappa shape index (κ2) is 8.64. The number of hydrogen-bond acceptors (Lipinski definition) is 3. The molecule has 2 amide bonds. The molecule has 2 N–H and O–H groups in total. The van der Waals surface area contributed by atoms with Gasteiger partial charge in [0.25, 0.3) is 0 Å². The zero-order valence-electron chi connectivity index (χ0n) is 12.4. The van der Waals surface area contributed by atoms with E-state index in [2.05, 4.69) is 26.6 Å². The molecule has 0 aromatic heterocycles. The van der Waals surface area contributed by atoms with Gasteiger partial charge in [-0.1, -0.05) is 23.7 Å². The minimum Gasteiger partial charge on any atom is -0.495 e. The fourth-order valence-electron chi connectivity index (χ4n) is 1.83. The molecule has 7 heteroatoms. The van der Waals surface area contributed by atoms with Crippen LogP contribution < -0.4 is 20.1 Å². The Morgan fingerprint density at radius 1 is 1.22 bits per heavy atom. The average molecular weight is 400 g/mol. The van der Waals surface area contributed by atoms with E-state index in [4.69, 9.17) is 21.1 Å². The van der Waals surface area contributed by atoms with Crippen molar-refractivity contribution < 1.29 is 14.3 Å². The van der Waals surface area contributed by atoms with Crippen molar-refractivity contribution in [1.82, 2.24) is 5.32 Å². The van der Waals surface area contributed by atoms with E-state index in [1.807, 2.05) is 24.3 Å². The molecule has 0 atom stereocenters. The summed E-state index contributed by atoms with van der Waals surface area (Å²) in [4.78, 5) is 11.9. The van der Waals surface area contributed by atoms with Crippen molar-refractivity contribution >= 4 is 39.2 Å². The van der Waals surface area contributed by atoms with Gasteiger partial charge in [0, 0.05) is 5.02 Å². The number of methoxy groups -OCH3 is 1.